The normalized spacial score (nSPS) is 11.5. The van der Waals surface area contributed by atoms with E-state index in [1.54, 1.807) is 23.1 Å². The average molecular weight is 311 g/mol. The molecule has 21 heavy (non-hydrogen) atoms. The van der Waals surface area contributed by atoms with E-state index in [4.69, 9.17) is 0 Å². The Balaban J connectivity index is 1.84. The number of hydrogen-bond acceptors (Lipinski definition) is 4. The summed E-state index contributed by atoms with van der Waals surface area (Å²) >= 11 is 3.51. The molecule has 0 aliphatic rings. The molecular weight excluding hydrogens is 298 g/mol. The van der Waals surface area contributed by atoms with Crippen LogP contribution < -0.4 is 0 Å². The lowest BCUT2D eigenvalue weighted by molar-refractivity contribution is 0.940. The molecule has 0 amide bonds. The molecule has 3 aromatic heterocycles. The van der Waals surface area contributed by atoms with Crippen LogP contribution in [-0.2, 0) is 5.75 Å². The first kappa shape index (κ1) is 12.9. The molecule has 104 valence electrons. The minimum atomic E-state index is 0.917. The van der Waals surface area contributed by atoms with Crippen molar-refractivity contribution in [2.24, 2.45) is 0 Å². The second-order valence-corrected chi connectivity index (χ2v) is 6.86. The summed E-state index contributed by atoms with van der Waals surface area (Å²) in [6, 6.07) is 14.8. The highest BCUT2D eigenvalue weighted by atomic mass is 32.2. The highest BCUT2D eigenvalue weighted by Crippen LogP contribution is 2.28. The van der Waals surface area contributed by atoms with Crippen molar-refractivity contribution in [1.82, 2.24) is 14.6 Å². The Bertz CT molecular complexity index is 910. The van der Waals surface area contributed by atoms with Gasteiger partial charge in [-0.3, -0.25) is 4.40 Å². The molecule has 0 saturated carbocycles. The van der Waals surface area contributed by atoms with E-state index in [1.165, 1.54) is 21.3 Å². The minimum absolute atomic E-state index is 0.917. The third kappa shape index (κ3) is 2.22. The first-order chi connectivity index (χ1) is 10.3. The van der Waals surface area contributed by atoms with Crippen LogP contribution in [-0.4, -0.2) is 14.6 Å². The summed E-state index contributed by atoms with van der Waals surface area (Å²) in [5, 5.41) is 13.0. The molecule has 0 spiro atoms. The van der Waals surface area contributed by atoms with Gasteiger partial charge in [-0.25, -0.2) is 0 Å². The zero-order valence-corrected chi connectivity index (χ0v) is 13.1. The van der Waals surface area contributed by atoms with Gasteiger partial charge in [-0.1, -0.05) is 36.0 Å². The Morgan fingerprint density at radius 3 is 2.90 bits per heavy atom. The summed E-state index contributed by atoms with van der Waals surface area (Å²) in [6.07, 6.45) is 0. The summed E-state index contributed by atoms with van der Waals surface area (Å²) in [6.45, 7) is 2.12. The van der Waals surface area contributed by atoms with E-state index in [2.05, 4.69) is 69.4 Å². The van der Waals surface area contributed by atoms with Gasteiger partial charge in [0.05, 0.1) is 5.52 Å². The van der Waals surface area contributed by atoms with Crippen LogP contribution in [0.25, 0.3) is 16.6 Å². The maximum absolute atomic E-state index is 4.37. The van der Waals surface area contributed by atoms with E-state index >= 15 is 0 Å². The molecule has 0 unspecified atom stereocenters. The smallest absolute Gasteiger partial charge is 0.196 e. The number of aromatic nitrogens is 3. The highest BCUT2D eigenvalue weighted by molar-refractivity contribution is 7.98. The summed E-state index contributed by atoms with van der Waals surface area (Å²) in [5.41, 5.74) is 3.33. The molecule has 5 heteroatoms. The van der Waals surface area contributed by atoms with Crippen LogP contribution in [0.5, 0.6) is 0 Å². The van der Waals surface area contributed by atoms with Gasteiger partial charge in [0.15, 0.2) is 10.8 Å². The Hall–Kier alpha value is -1.85. The van der Waals surface area contributed by atoms with Gasteiger partial charge in [0, 0.05) is 16.0 Å². The quantitative estimate of drug-likeness (QED) is 0.520. The number of fused-ring (bicyclic) bond motifs is 3. The van der Waals surface area contributed by atoms with E-state index in [1.807, 2.05) is 0 Å². The zero-order valence-electron chi connectivity index (χ0n) is 11.5. The van der Waals surface area contributed by atoms with Crippen molar-refractivity contribution >= 4 is 39.6 Å². The monoisotopic (exact) mass is 311 g/mol. The first-order valence-corrected chi connectivity index (χ1v) is 8.58. The van der Waals surface area contributed by atoms with Gasteiger partial charge in [-0.15, -0.1) is 21.5 Å². The Morgan fingerprint density at radius 1 is 1.14 bits per heavy atom. The predicted molar refractivity (Wildman–Crippen MR) is 89.1 cm³/mol. The molecule has 1 aromatic carbocycles. The van der Waals surface area contributed by atoms with Crippen LogP contribution in [0.15, 0.2) is 53.0 Å². The number of hydrogen-bond donors (Lipinski definition) is 0. The number of aryl methyl sites for hydroxylation is 1. The van der Waals surface area contributed by atoms with Crippen LogP contribution in [0.4, 0.5) is 0 Å². The Labute approximate surface area is 130 Å². The van der Waals surface area contributed by atoms with Gasteiger partial charge in [-0.2, -0.15) is 0 Å². The van der Waals surface area contributed by atoms with Crippen LogP contribution in [0, 0.1) is 6.92 Å². The molecule has 0 fully saturated rings. The van der Waals surface area contributed by atoms with Gasteiger partial charge in [0.1, 0.15) is 0 Å². The molecule has 4 rings (SSSR count). The van der Waals surface area contributed by atoms with Crippen LogP contribution in [0.2, 0.25) is 0 Å². The number of pyridine rings is 1. The predicted octanol–water partition coefficient (Wildman–Crippen LogP) is 4.54. The van der Waals surface area contributed by atoms with Crippen LogP contribution in [0.1, 0.15) is 10.4 Å². The van der Waals surface area contributed by atoms with Crippen LogP contribution in [0.3, 0.4) is 0 Å². The van der Waals surface area contributed by atoms with Crippen molar-refractivity contribution in [3.05, 3.63) is 58.3 Å². The summed E-state index contributed by atoms with van der Waals surface area (Å²) in [4.78, 5) is 1.35. The zero-order chi connectivity index (χ0) is 14.2. The SMILES string of the molecule is Cc1cc2nnc(SCc3cccs3)n2c2ccccc12. The standard InChI is InChI=1S/C16H13N3S2/c1-11-9-15-17-18-16(21-10-12-5-4-8-20-12)19(15)14-7-3-2-6-13(11)14/h2-9H,10H2,1H3. The van der Waals surface area contributed by atoms with Crippen molar-refractivity contribution in [2.75, 3.05) is 0 Å². The molecule has 0 aliphatic carbocycles. The number of para-hydroxylation sites is 1. The molecular formula is C16H13N3S2. The molecule has 4 aromatic rings. The third-order valence-electron chi connectivity index (χ3n) is 3.50. The van der Waals surface area contributed by atoms with E-state index in [9.17, 15) is 0 Å². The van der Waals surface area contributed by atoms with E-state index in [0.717, 1.165) is 16.6 Å². The highest BCUT2D eigenvalue weighted by Gasteiger charge is 2.11. The van der Waals surface area contributed by atoms with E-state index < -0.39 is 0 Å². The largest absolute Gasteiger partial charge is 0.270 e. The first-order valence-electron chi connectivity index (χ1n) is 6.71. The number of thioether (sulfide) groups is 1. The van der Waals surface area contributed by atoms with Crippen molar-refractivity contribution in [3.63, 3.8) is 0 Å². The summed E-state index contributed by atoms with van der Waals surface area (Å²) in [5.74, 6) is 0.931. The maximum Gasteiger partial charge on any atom is 0.196 e. The van der Waals surface area contributed by atoms with Crippen molar-refractivity contribution < 1.29 is 0 Å². The number of rotatable bonds is 3. The molecule has 3 heterocycles. The fraction of sp³-hybridized carbons (Fsp3) is 0.125. The van der Waals surface area contributed by atoms with Gasteiger partial charge < -0.3 is 0 Å². The van der Waals surface area contributed by atoms with Gasteiger partial charge >= 0.3 is 0 Å². The molecule has 3 nitrogen and oxygen atoms in total. The summed E-state index contributed by atoms with van der Waals surface area (Å²) < 4.78 is 2.15. The summed E-state index contributed by atoms with van der Waals surface area (Å²) in [7, 11) is 0. The minimum Gasteiger partial charge on any atom is -0.270 e. The number of nitrogens with zero attached hydrogens (tertiary/aromatic N) is 3. The van der Waals surface area contributed by atoms with Crippen molar-refractivity contribution in [1.29, 1.82) is 0 Å². The maximum atomic E-state index is 4.37. The van der Waals surface area contributed by atoms with E-state index in [0.29, 0.717) is 0 Å². The number of benzene rings is 1. The van der Waals surface area contributed by atoms with Gasteiger partial charge in [0.25, 0.3) is 0 Å². The van der Waals surface area contributed by atoms with Crippen molar-refractivity contribution in [2.45, 2.75) is 17.8 Å². The van der Waals surface area contributed by atoms with Gasteiger partial charge in [0.2, 0.25) is 0 Å². The average Bonchev–Trinajstić information content (AvgIpc) is 3.14. The second kappa shape index (κ2) is 5.16. The van der Waals surface area contributed by atoms with Crippen molar-refractivity contribution in [3.8, 4) is 0 Å². The lowest BCUT2D eigenvalue weighted by atomic mass is 10.1. The molecule has 0 atom stereocenters. The Kier molecular flexibility index (Phi) is 3.16. The topological polar surface area (TPSA) is 30.2 Å². The second-order valence-electron chi connectivity index (χ2n) is 4.89. The fourth-order valence-corrected chi connectivity index (χ4v) is 4.22. The van der Waals surface area contributed by atoms with Gasteiger partial charge in [-0.05, 0) is 36.1 Å². The van der Waals surface area contributed by atoms with E-state index in [-0.39, 0.29) is 0 Å². The third-order valence-corrected chi connectivity index (χ3v) is 5.53. The molecule has 0 N–H and O–H groups in total. The fourth-order valence-electron chi connectivity index (χ4n) is 2.50. The molecule has 0 aliphatic heterocycles. The Morgan fingerprint density at radius 2 is 2.05 bits per heavy atom. The molecule has 0 bridgehead atoms. The van der Waals surface area contributed by atoms with Crippen LogP contribution >= 0.6 is 23.1 Å². The molecule has 0 radical (unpaired) electrons. The lowest BCUT2D eigenvalue weighted by Crippen LogP contribution is -1.93. The molecule has 0 saturated heterocycles. The number of thiophene rings is 1. The lowest BCUT2D eigenvalue weighted by Gasteiger charge is -2.06.